The van der Waals surface area contributed by atoms with Crippen LogP contribution in [0.5, 0.6) is 0 Å². The van der Waals surface area contributed by atoms with Gasteiger partial charge in [-0.25, -0.2) is 0 Å². The Balaban J connectivity index is 1.63. The van der Waals surface area contributed by atoms with E-state index in [4.69, 9.17) is 5.10 Å². The number of hydrogen-bond acceptors (Lipinski definition) is 3. The van der Waals surface area contributed by atoms with Crippen molar-refractivity contribution < 1.29 is 0 Å². The normalized spacial score (nSPS) is 22.7. The van der Waals surface area contributed by atoms with E-state index in [0.29, 0.717) is 0 Å². The first-order valence-corrected chi connectivity index (χ1v) is 7.30. The van der Waals surface area contributed by atoms with Crippen molar-refractivity contribution in [3.8, 4) is 0 Å². The third-order valence-electron chi connectivity index (χ3n) is 4.21. The number of aryl methyl sites for hydroxylation is 1. The molecular weight excluding hydrogens is 224 g/mol. The topological polar surface area (TPSA) is 33.1 Å². The van der Waals surface area contributed by atoms with Crippen molar-refractivity contribution in [1.29, 1.82) is 0 Å². The number of nitrogens with zero attached hydrogens (tertiary/aromatic N) is 3. The molecule has 0 unspecified atom stereocenters. The van der Waals surface area contributed by atoms with Gasteiger partial charge in [-0.3, -0.25) is 9.58 Å². The molecular formula is C14H24N4. The minimum atomic E-state index is 0.907. The summed E-state index contributed by atoms with van der Waals surface area (Å²) in [6, 6.07) is 2.29. The van der Waals surface area contributed by atoms with Gasteiger partial charge in [-0.1, -0.05) is 6.92 Å². The molecule has 1 saturated heterocycles. The molecule has 4 nitrogen and oxygen atoms in total. The minimum absolute atomic E-state index is 0.907. The van der Waals surface area contributed by atoms with Crippen LogP contribution in [0.15, 0.2) is 6.07 Å². The monoisotopic (exact) mass is 248 g/mol. The Morgan fingerprint density at radius 2 is 2.17 bits per heavy atom. The largest absolute Gasteiger partial charge is 0.311 e. The smallest absolute Gasteiger partial charge is 0.0768 e. The predicted molar refractivity (Wildman–Crippen MR) is 72.2 cm³/mol. The first-order valence-electron chi connectivity index (χ1n) is 7.30. The molecule has 1 fully saturated rings. The van der Waals surface area contributed by atoms with Crippen molar-refractivity contribution in [2.45, 2.75) is 45.8 Å². The van der Waals surface area contributed by atoms with Crippen LogP contribution in [0.25, 0.3) is 0 Å². The first kappa shape index (κ1) is 12.2. The number of hydrogen-bond donors (Lipinski definition) is 1. The van der Waals surface area contributed by atoms with Crippen molar-refractivity contribution in [2.24, 2.45) is 5.92 Å². The SMILES string of the molecule is CC1CCN(Cc2cc3n(n2)CCCNC3)CC1. The predicted octanol–water partition coefficient (Wildman–Crippen LogP) is 1.61. The Kier molecular flexibility index (Phi) is 3.66. The van der Waals surface area contributed by atoms with Gasteiger partial charge in [0.1, 0.15) is 0 Å². The summed E-state index contributed by atoms with van der Waals surface area (Å²) in [4.78, 5) is 2.55. The van der Waals surface area contributed by atoms with E-state index in [1.54, 1.807) is 0 Å². The fourth-order valence-corrected chi connectivity index (χ4v) is 2.95. The fraction of sp³-hybridized carbons (Fsp3) is 0.786. The highest BCUT2D eigenvalue weighted by Crippen LogP contribution is 2.18. The molecule has 3 heterocycles. The Morgan fingerprint density at radius 3 is 3.00 bits per heavy atom. The van der Waals surface area contributed by atoms with Crippen molar-refractivity contribution >= 4 is 0 Å². The number of rotatable bonds is 2. The number of fused-ring (bicyclic) bond motifs is 1. The summed E-state index contributed by atoms with van der Waals surface area (Å²) in [5.41, 5.74) is 2.61. The maximum absolute atomic E-state index is 4.76. The molecule has 1 N–H and O–H groups in total. The summed E-state index contributed by atoms with van der Waals surface area (Å²) >= 11 is 0. The summed E-state index contributed by atoms with van der Waals surface area (Å²) in [7, 11) is 0. The molecule has 4 heteroatoms. The zero-order valence-corrected chi connectivity index (χ0v) is 11.4. The summed E-state index contributed by atoms with van der Waals surface area (Å²) in [6.45, 7) is 9.03. The Bertz CT molecular complexity index is 367. The third-order valence-corrected chi connectivity index (χ3v) is 4.21. The molecule has 100 valence electrons. The van der Waals surface area contributed by atoms with Crippen LogP contribution in [0.3, 0.4) is 0 Å². The summed E-state index contributed by atoms with van der Waals surface area (Å²) < 4.78 is 2.20. The number of piperidine rings is 1. The van der Waals surface area contributed by atoms with Gasteiger partial charge in [-0.2, -0.15) is 5.10 Å². The standard InChI is InChI=1S/C14H24N4/c1-12-3-7-17(8-4-12)11-13-9-14-10-15-5-2-6-18(14)16-13/h9,12,15H,2-8,10-11H2,1H3. The molecule has 2 aliphatic rings. The van der Waals surface area contributed by atoms with Crippen LogP contribution in [0.4, 0.5) is 0 Å². The second-order valence-corrected chi connectivity index (χ2v) is 5.84. The molecule has 0 aliphatic carbocycles. The number of nitrogens with one attached hydrogen (secondary N) is 1. The van der Waals surface area contributed by atoms with Crippen LogP contribution in [-0.2, 0) is 19.6 Å². The van der Waals surface area contributed by atoms with Gasteiger partial charge < -0.3 is 5.32 Å². The lowest BCUT2D eigenvalue weighted by molar-refractivity contribution is 0.183. The summed E-state index contributed by atoms with van der Waals surface area (Å²) in [5, 5.41) is 8.21. The van der Waals surface area contributed by atoms with Crippen molar-refractivity contribution in [3.63, 3.8) is 0 Å². The quantitative estimate of drug-likeness (QED) is 0.863. The Morgan fingerprint density at radius 1 is 1.33 bits per heavy atom. The molecule has 0 amide bonds. The Labute approximate surface area is 109 Å². The van der Waals surface area contributed by atoms with Gasteiger partial charge in [0.25, 0.3) is 0 Å². The fourth-order valence-electron chi connectivity index (χ4n) is 2.95. The second-order valence-electron chi connectivity index (χ2n) is 5.84. The third kappa shape index (κ3) is 2.75. The van der Waals surface area contributed by atoms with Gasteiger partial charge >= 0.3 is 0 Å². The molecule has 0 aromatic carbocycles. The van der Waals surface area contributed by atoms with E-state index in [1.165, 1.54) is 43.7 Å². The maximum atomic E-state index is 4.76. The summed E-state index contributed by atoms with van der Waals surface area (Å²) in [6.07, 6.45) is 3.87. The molecule has 0 atom stereocenters. The van der Waals surface area contributed by atoms with Gasteiger partial charge in [0.05, 0.1) is 11.4 Å². The van der Waals surface area contributed by atoms with Crippen LogP contribution >= 0.6 is 0 Å². The van der Waals surface area contributed by atoms with Crippen molar-refractivity contribution in [2.75, 3.05) is 19.6 Å². The average molecular weight is 248 g/mol. The Hall–Kier alpha value is -0.870. The van der Waals surface area contributed by atoms with Gasteiger partial charge in [0.15, 0.2) is 0 Å². The molecule has 18 heavy (non-hydrogen) atoms. The van der Waals surface area contributed by atoms with E-state index in [2.05, 4.69) is 27.9 Å². The number of aromatic nitrogens is 2. The van der Waals surface area contributed by atoms with Crippen LogP contribution in [0.2, 0.25) is 0 Å². The van der Waals surface area contributed by atoms with Crippen LogP contribution in [0, 0.1) is 5.92 Å². The highest BCUT2D eigenvalue weighted by molar-refractivity contribution is 5.11. The molecule has 3 rings (SSSR count). The molecule has 2 aliphatic heterocycles. The van der Waals surface area contributed by atoms with Gasteiger partial charge in [-0.05, 0) is 50.9 Å². The van der Waals surface area contributed by atoms with Crippen LogP contribution in [-0.4, -0.2) is 34.3 Å². The van der Waals surface area contributed by atoms with Gasteiger partial charge in [0.2, 0.25) is 0 Å². The lowest BCUT2D eigenvalue weighted by atomic mass is 9.99. The summed E-state index contributed by atoms with van der Waals surface area (Å²) in [5.74, 6) is 0.907. The van der Waals surface area contributed by atoms with Crippen LogP contribution in [0.1, 0.15) is 37.6 Å². The van der Waals surface area contributed by atoms with Crippen LogP contribution < -0.4 is 5.32 Å². The lowest BCUT2D eigenvalue weighted by Gasteiger charge is -2.29. The molecule has 0 radical (unpaired) electrons. The van der Waals surface area contributed by atoms with E-state index in [0.717, 1.165) is 32.1 Å². The van der Waals surface area contributed by atoms with E-state index in [-0.39, 0.29) is 0 Å². The van der Waals surface area contributed by atoms with E-state index in [1.807, 2.05) is 0 Å². The molecule has 1 aromatic heterocycles. The zero-order chi connectivity index (χ0) is 12.4. The zero-order valence-electron chi connectivity index (χ0n) is 11.4. The lowest BCUT2D eigenvalue weighted by Crippen LogP contribution is -2.32. The van der Waals surface area contributed by atoms with Crippen molar-refractivity contribution in [3.05, 3.63) is 17.5 Å². The molecule has 1 aromatic rings. The molecule has 0 saturated carbocycles. The molecule has 0 spiro atoms. The number of likely N-dealkylation sites (tertiary alicyclic amines) is 1. The maximum Gasteiger partial charge on any atom is 0.0768 e. The molecule has 0 bridgehead atoms. The minimum Gasteiger partial charge on any atom is -0.311 e. The van der Waals surface area contributed by atoms with E-state index in [9.17, 15) is 0 Å². The van der Waals surface area contributed by atoms with Gasteiger partial charge in [-0.15, -0.1) is 0 Å². The first-order chi connectivity index (χ1) is 8.81. The average Bonchev–Trinajstić information content (AvgIpc) is 2.62. The second kappa shape index (κ2) is 5.41. The van der Waals surface area contributed by atoms with E-state index >= 15 is 0 Å². The highest BCUT2D eigenvalue weighted by Gasteiger charge is 2.18. The van der Waals surface area contributed by atoms with Gasteiger partial charge in [0, 0.05) is 19.6 Å². The highest BCUT2D eigenvalue weighted by atomic mass is 15.3. The van der Waals surface area contributed by atoms with E-state index < -0.39 is 0 Å². The van der Waals surface area contributed by atoms with Crippen molar-refractivity contribution in [1.82, 2.24) is 20.0 Å².